The average Bonchev–Trinajstić information content (AvgIpc) is 2.82. The molecule has 118 valence electrons. The summed E-state index contributed by atoms with van der Waals surface area (Å²) >= 11 is 0. The molecule has 0 amide bonds. The van der Waals surface area contributed by atoms with Crippen molar-refractivity contribution in [3.8, 4) is 0 Å². The normalized spacial score (nSPS) is 19.8. The molecule has 1 aromatic heterocycles. The lowest BCUT2D eigenvalue weighted by Gasteiger charge is -2.19. The molecule has 2 heterocycles. The van der Waals surface area contributed by atoms with E-state index in [9.17, 15) is 13.2 Å². The van der Waals surface area contributed by atoms with Crippen LogP contribution in [-0.2, 0) is 0 Å². The molecular formula is C13H20F3N5. The van der Waals surface area contributed by atoms with E-state index in [-0.39, 0.29) is 5.92 Å². The lowest BCUT2D eigenvalue weighted by molar-refractivity contribution is -0.143. The molecule has 0 saturated carbocycles. The second-order valence-electron chi connectivity index (χ2n) is 5.51. The predicted octanol–water partition coefficient (Wildman–Crippen LogP) is 1.84. The minimum Gasteiger partial charge on any atom is -0.367 e. The fraction of sp³-hybridized carbons (Fsp3) is 0.692. The van der Waals surface area contributed by atoms with Crippen LogP contribution in [0.1, 0.15) is 6.42 Å². The molecule has 0 aliphatic carbocycles. The van der Waals surface area contributed by atoms with Crippen LogP contribution < -0.4 is 10.2 Å². The van der Waals surface area contributed by atoms with Gasteiger partial charge in [0.25, 0.3) is 0 Å². The molecule has 0 unspecified atom stereocenters. The molecule has 1 fully saturated rings. The third kappa shape index (κ3) is 4.73. The highest BCUT2D eigenvalue weighted by Crippen LogP contribution is 2.24. The van der Waals surface area contributed by atoms with E-state index in [2.05, 4.69) is 15.3 Å². The Morgan fingerprint density at radius 1 is 1.33 bits per heavy atom. The van der Waals surface area contributed by atoms with Crippen molar-refractivity contribution < 1.29 is 13.2 Å². The SMILES string of the molecule is CN(C)c1nccnc1NC[C@@H]1CCN(CC(F)(F)F)C1. The first-order valence-corrected chi connectivity index (χ1v) is 6.86. The van der Waals surface area contributed by atoms with E-state index in [1.165, 1.54) is 4.90 Å². The van der Waals surface area contributed by atoms with E-state index >= 15 is 0 Å². The maximum Gasteiger partial charge on any atom is 0.401 e. The molecule has 8 heteroatoms. The fourth-order valence-corrected chi connectivity index (χ4v) is 2.50. The number of likely N-dealkylation sites (tertiary alicyclic amines) is 1. The second kappa shape index (κ2) is 6.46. The minimum absolute atomic E-state index is 0.198. The molecule has 1 aromatic rings. The third-order valence-corrected chi connectivity index (χ3v) is 3.43. The average molecular weight is 303 g/mol. The highest BCUT2D eigenvalue weighted by molar-refractivity contribution is 5.59. The summed E-state index contributed by atoms with van der Waals surface area (Å²) in [4.78, 5) is 11.8. The zero-order valence-corrected chi connectivity index (χ0v) is 12.2. The minimum atomic E-state index is -4.12. The Kier molecular flexibility index (Phi) is 4.87. The van der Waals surface area contributed by atoms with Crippen LogP contribution in [0.4, 0.5) is 24.8 Å². The highest BCUT2D eigenvalue weighted by Gasteiger charge is 2.34. The maximum absolute atomic E-state index is 12.3. The van der Waals surface area contributed by atoms with Gasteiger partial charge in [-0.2, -0.15) is 13.2 Å². The zero-order chi connectivity index (χ0) is 15.5. The molecule has 1 aliphatic heterocycles. The van der Waals surface area contributed by atoms with E-state index in [1.807, 2.05) is 19.0 Å². The van der Waals surface area contributed by atoms with Gasteiger partial charge in [0.15, 0.2) is 11.6 Å². The highest BCUT2D eigenvalue weighted by atomic mass is 19.4. The Balaban J connectivity index is 1.85. The van der Waals surface area contributed by atoms with E-state index in [4.69, 9.17) is 0 Å². The van der Waals surface area contributed by atoms with Crippen LogP contribution in [0.3, 0.4) is 0 Å². The summed E-state index contributed by atoms with van der Waals surface area (Å²) in [6.45, 7) is 0.739. The number of nitrogens with one attached hydrogen (secondary N) is 1. The number of hydrogen-bond donors (Lipinski definition) is 1. The van der Waals surface area contributed by atoms with Gasteiger partial charge >= 0.3 is 6.18 Å². The summed E-state index contributed by atoms with van der Waals surface area (Å²) in [6, 6.07) is 0. The number of aromatic nitrogens is 2. The van der Waals surface area contributed by atoms with Gasteiger partial charge in [0.1, 0.15) is 0 Å². The number of nitrogens with zero attached hydrogens (tertiary/aromatic N) is 4. The fourth-order valence-electron chi connectivity index (χ4n) is 2.50. The second-order valence-corrected chi connectivity index (χ2v) is 5.51. The molecule has 0 bridgehead atoms. The van der Waals surface area contributed by atoms with Crippen LogP contribution >= 0.6 is 0 Å². The van der Waals surface area contributed by atoms with Crippen LogP contribution in [0.25, 0.3) is 0 Å². The zero-order valence-electron chi connectivity index (χ0n) is 12.2. The van der Waals surface area contributed by atoms with Gasteiger partial charge in [-0.05, 0) is 18.9 Å². The van der Waals surface area contributed by atoms with Gasteiger partial charge < -0.3 is 10.2 Å². The number of halogens is 3. The van der Waals surface area contributed by atoms with Crippen molar-refractivity contribution in [1.82, 2.24) is 14.9 Å². The van der Waals surface area contributed by atoms with E-state index in [0.717, 1.165) is 12.2 Å². The monoisotopic (exact) mass is 303 g/mol. The first kappa shape index (κ1) is 15.8. The molecule has 1 atom stereocenters. The van der Waals surface area contributed by atoms with Crippen molar-refractivity contribution in [1.29, 1.82) is 0 Å². The number of alkyl halides is 3. The summed E-state index contributed by atoms with van der Waals surface area (Å²) < 4.78 is 37.0. The van der Waals surface area contributed by atoms with Gasteiger partial charge in [-0.15, -0.1) is 0 Å². The van der Waals surface area contributed by atoms with Crippen molar-refractivity contribution in [2.75, 3.05) is 50.5 Å². The molecule has 21 heavy (non-hydrogen) atoms. The van der Waals surface area contributed by atoms with Gasteiger partial charge in [-0.25, -0.2) is 9.97 Å². The van der Waals surface area contributed by atoms with Crippen LogP contribution in [0.5, 0.6) is 0 Å². The Hall–Kier alpha value is -1.57. The number of hydrogen-bond acceptors (Lipinski definition) is 5. The number of anilines is 2. The van der Waals surface area contributed by atoms with E-state index < -0.39 is 12.7 Å². The van der Waals surface area contributed by atoms with Crippen LogP contribution in [-0.4, -0.2) is 61.3 Å². The van der Waals surface area contributed by atoms with Crippen molar-refractivity contribution in [3.63, 3.8) is 0 Å². The summed E-state index contributed by atoms with van der Waals surface area (Å²) in [5, 5.41) is 3.20. The quantitative estimate of drug-likeness (QED) is 0.899. The smallest absolute Gasteiger partial charge is 0.367 e. The topological polar surface area (TPSA) is 44.3 Å². The molecular weight excluding hydrogens is 283 g/mol. The standard InChI is InChI=1S/C13H20F3N5/c1-20(2)12-11(17-4-5-18-12)19-7-10-3-6-21(8-10)9-13(14,15)16/h4-5,10H,3,6-9H2,1-2H3,(H,17,19)/t10-/m0/s1. The van der Waals surface area contributed by atoms with Gasteiger partial charge in [-0.3, -0.25) is 4.90 Å². The molecule has 1 saturated heterocycles. The van der Waals surface area contributed by atoms with Crippen molar-refractivity contribution in [3.05, 3.63) is 12.4 Å². The van der Waals surface area contributed by atoms with Crippen LogP contribution in [0, 0.1) is 5.92 Å². The van der Waals surface area contributed by atoms with Gasteiger partial charge in [0, 0.05) is 39.6 Å². The largest absolute Gasteiger partial charge is 0.401 e. The molecule has 0 spiro atoms. The van der Waals surface area contributed by atoms with Crippen molar-refractivity contribution in [2.24, 2.45) is 5.92 Å². The number of rotatable bonds is 5. The Labute approximate surface area is 122 Å². The lowest BCUT2D eigenvalue weighted by Crippen LogP contribution is -2.33. The van der Waals surface area contributed by atoms with Gasteiger partial charge in [0.05, 0.1) is 6.54 Å². The Morgan fingerprint density at radius 3 is 2.71 bits per heavy atom. The molecule has 5 nitrogen and oxygen atoms in total. The van der Waals surface area contributed by atoms with Crippen LogP contribution in [0.2, 0.25) is 0 Å². The molecule has 0 aromatic carbocycles. The third-order valence-electron chi connectivity index (χ3n) is 3.43. The molecule has 2 rings (SSSR count). The first-order valence-electron chi connectivity index (χ1n) is 6.86. The van der Waals surface area contributed by atoms with Gasteiger partial charge in [0.2, 0.25) is 0 Å². The summed E-state index contributed by atoms with van der Waals surface area (Å²) in [5.74, 6) is 1.59. The van der Waals surface area contributed by atoms with Gasteiger partial charge in [-0.1, -0.05) is 0 Å². The summed E-state index contributed by atoms with van der Waals surface area (Å²) in [7, 11) is 3.74. The van der Waals surface area contributed by atoms with Crippen molar-refractivity contribution >= 4 is 11.6 Å². The predicted molar refractivity (Wildman–Crippen MR) is 75.5 cm³/mol. The molecule has 1 aliphatic rings. The lowest BCUT2D eigenvalue weighted by atomic mass is 10.1. The van der Waals surface area contributed by atoms with Crippen molar-refractivity contribution in [2.45, 2.75) is 12.6 Å². The molecule has 0 radical (unpaired) electrons. The van der Waals surface area contributed by atoms with Crippen LogP contribution in [0.15, 0.2) is 12.4 Å². The van der Waals surface area contributed by atoms with E-state index in [0.29, 0.717) is 25.5 Å². The summed E-state index contributed by atoms with van der Waals surface area (Å²) in [6.07, 6.45) is -0.146. The summed E-state index contributed by atoms with van der Waals surface area (Å²) in [5.41, 5.74) is 0. The van der Waals surface area contributed by atoms with E-state index in [1.54, 1.807) is 12.4 Å². The first-order chi connectivity index (χ1) is 9.85. The Morgan fingerprint density at radius 2 is 2.05 bits per heavy atom. The molecule has 1 N–H and O–H groups in total. The Bertz CT molecular complexity index is 463. The maximum atomic E-state index is 12.3.